The third-order valence-electron chi connectivity index (χ3n) is 6.29. The van der Waals surface area contributed by atoms with Gasteiger partial charge in [0.25, 0.3) is 15.9 Å². The molecule has 3 aromatic rings. The van der Waals surface area contributed by atoms with Gasteiger partial charge in [0.05, 0.1) is 20.4 Å². The van der Waals surface area contributed by atoms with E-state index in [1.807, 2.05) is 6.92 Å². The Balaban J connectivity index is 1.49. The molecule has 1 heterocycles. The molecule has 1 amide bonds. The van der Waals surface area contributed by atoms with E-state index < -0.39 is 26.0 Å². The summed E-state index contributed by atoms with van der Waals surface area (Å²) in [6.07, 6.45) is 1.57. The second-order valence-electron chi connectivity index (χ2n) is 9.18. The summed E-state index contributed by atoms with van der Waals surface area (Å²) in [5, 5.41) is 2.75. The second kappa shape index (κ2) is 10.8. The maximum absolute atomic E-state index is 13.1. The van der Waals surface area contributed by atoms with Gasteiger partial charge in [0.2, 0.25) is 10.0 Å². The third kappa shape index (κ3) is 6.32. The monoisotopic (exact) mass is 561 g/mol. The van der Waals surface area contributed by atoms with Crippen molar-refractivity contribution in [3.8, 4) is 0 Å². The normalized spacial score (nSPS) is 15.3. The number of hydrogen-bond acceptors (Lipinski definition) is 5. The minimum Gasteiger partial charge on any atom is -0.322 e. The first-order chi connectivity index (χ1) is 17.5. The summed E-state index contributed by atoms with van der Waals surface area (Å²) in [6.45, 7) is 4.86. The average Bonchev–Trinajstić information content (AvgIpc) is 2.86. The van der Waals surface area contributed by atoms with E-state index in [4.69, 9.17) is 11.6 Å². The van der Waals surface area contributed by atoms with Crippen molar-refractivity contribution in [2.45, 2.75) is 36.5 Å². The van der Waals surface area contributed by atoms with Crippen molar-refractivity contribution >= 4 is 48.9 Å². The summed E-state index contributed by atoms with van der Waals surface area (Å²) >= 11 is 6.23. The molecule has 0 aromatic heterocycles. The highest BCUT2D eigenvalue weighted by molar-refractivity contribution is 7.92. The zero-order valence-electron chi connectivity index (χ0n) is 20.4. The number of halogens is 1. The number of nitrogens with one attached hydrogen (secondary N) is 2. The van der Waals surface area contributed by atoms with Crippen LogP contribution in [0.2, 0.25) is 5.02 Å². The topological polar surface area (TPSA) is 113 Å². The Morgan fingerprint density at radius 2 is 1.43 bits per heavy atom. The quantitative estimate of drug-likeness (QED) is 0.415. The summed E-state index contributed by atoms with van der Waals surface area (Å²) in [4.78, 5) is 13.0. The summed E-state index contributed by atoms with van der Waals surface area (Å²) in [5.74, 6) is -0.138. The van der Waals surface area contributed by atoms with Gasteiger partial charge in [-0.1, -0.05) is 36.2 Å². The molecule has 1 aliphatic rings. The fourth-order valence-corrected chi connectivity index (χ4v) is 6.72. The molecule has 37 heavy (non-hydrogen) atoms. The molecule has 1 saturated heterocycles. The third-order valence-corrected chi connectivity index (χ3v) is 9.91. The fourth-order valence-electron chi connectivity index (χ4n) is 3.96. The number of rotatable bonds is 7. The molecule has 0 spiro atoms. The van der Waals surface area contributed by atoms with Crippen molar-refractivity contribution in [3.05, 3.63) is 82.9 Å². The highest BCUT2D eigenvalue weighted by Crippen LogP contribution is 2.27. The zero-order valence-corrected chi connectivity index (χ0v) is 22.8. The molecule has 0 radical (unpaired) electrons. The van der Waals surface area contributed by atoms with Crippen LogP contribution in [0.25, 0.3) is 0 Å². The predicted octanol–water partition coefficient (Wildman–Crippen LogP) is 5.12. The van der Waals surface area contributed by atoms with E-state index in [2.05, 4.69) is 17.0 Å². The lowest BCUT2D eigenvalue weighted by molar-refractivity contribution is 0.102. The number of benzene rings is 3. The Morgan fingerprint density at radius 3 is 2.05 bits per heavy atom. The molecular weight excluding hydrogens is 534 g/mol. The van der Waals surface area contributed by atoms with Crippen LogP contribution >= 0.6 is 11.6 Å². The second-order valence-corrected chi connectivity index (χ2v) is 13.2. The molecule has 1 aliphatic heterocycles. The maximum Gasteiger partial charge on any atom is 0.261 e. The number of carbonyl (C=O) groups is 1. The van der Waals surface area contributed by atoms with Gasteiger partial charge >= 0.3 is 0 Å². The Labute approximate surface area is 222 Å². The number of hydrogen-bond donors (Lipinski definition) is 2. The van der Waals surface area contributed by atoms with E-state index in [0.29, 0.717) is 30.4 Å². The van der Waals surface area contributed by atoms with Gasteiger partial charge in [0, 0.05) is 24.5 Å². The van der Waals surface area contributed by atoms with Gasteiger partial charge in [0.15, 0.2) is 0 Å². The number of piperidine rings is 1. The van der Waals surface area contributed by atoms with Crippen LogP contribution < -0.4 is 10.0 Å². The lowest BCUT2D eigenvalue weighted by Gasteiger charge is -2.29. The molecule has 0 unspecified atom stereocenters. The summed E-state index contributed by atoms with van der Waals surface area (Å²) < 4.78 is 55.5. The van der Waals surface area contributed by atoms with Gasteiger partial charge in [-0.3, -0.25) is 9.52 Å². The van der Waals surface area contributed by atoms with Crippen molar-refractivity contribution in [1.82, 2.24) is 4.31 Å². The lowest BCUT2D eigenvalue weighted by Crippen LogP contribution is -2.37. The first kappa shape index (κ1) is 27.1. The van der Waals surface area contributed by atoms with Crippen LogP contribution in [0.3, 0.4) is 0 Å². The average molecular weight is 562 g/mol. The maximum atomic E-state index is 13.1. The molecule has 11 heteroatoms. The van der Waals surface area contributed by atoms with Crippen molar-refractivity contribution in [2.24, 2.45) is 5.92 Å². The molecule has 8 nitrogen and oxygen atoms in total. The van der Waals surface area contributed by atoms with Crippen molar-refractivity contribution < 1.29 is 21.6 Å². The van der Waals surface area contributed by atoms with E-state index in [1.54, 1.807) is 24.3 Å². The van der Waals surface area contributed by atoms with Gasteiger partial charge in [0.1, 0.15) is 0 Å². The van der Waals surface area contributed by atoms with Crippen LogP contribution in [0, 0.1) is 12.8 Å². The molecule has 196 valence electrons. The Hall–Kier alpha value is -2.92. The smallest absolute Gasteiger partial charge is 0.261 e. The number of nitrogens with zero attached hydrogens (tertiary/aromatic N) is 1. The largest absolute Gasteiger partial charge is 0.322 e. The first-order valence-electron chi connectivity index (χ1n) is 11.8. The summed E-state index contributed by atoms with van der Waals surface area (Å²) in [7, 11) is -7.58. The SMILES string of the molecule is Cc1ccc(NS(=O)(=O)c2ccc(NC(=O)c3cc(S(=O)(=O)N4CCC(C)CC4)ccc3Cl)cc2)cc1. The lowest BCUT2D eigenvalue weighted by atomic mass is 10.0. The van der Waals surface area contributed by atoms with E-state index in [9.17, 15) is 21.6 Å². The van der Waals surface area contributed by atoms with Crippen LogP contribution in [0.4, 0.5) is 11.4 Å². The zero-order chi connectivity index (χ0) is 26.8. The molecule has 0 saturated carbocycles. The number of carbonyl (C=O) groups excluding carboxylic acids is 1. The molecule has 2 N–H and O–H groups in total. The van der Waals surface area contributed by atoms with Crippen molar-refractivity contribution in [2.75, 3.05) is 23.1 Å². The standard InChI is InChI=1S/C26H28ClN3O5S2/c1-18-3-5-21(6-4-18)29-36(32,33)22-9-7-20(8-10-22)28-26(31)24-17-23(11-12-25(24)27)37(34,35)30-15-13-19(2)14-16-30/h3-12,17,19,29H,13-16H2,1-2H3,(H,28,31). The Kier molecular flexibility index (Phi) is 7.94. The number of aryl methyl sites for hydroxylation is 1. The Bertz CT molecular complexity index is 1500. The van der Waals surface area contributed by atoms with Crippen molar-refractivity contribution in [3.63, 3.8) is 0 Å². The van der Waals surface area contributed by atoms with Crippen LogP contribution in [-0.2, 0) is 20.0 Å². The highest BCUT2D eigenvalue weighted by atomic mass is 35.5. The van der Waals surface area contributed by atoms with Crippen LogP contribution in [0.15, 0.2) is 76.5 Å². The molecule has 1 fully saturated rings. The molecular formula is C26H28ClN3O5S2. The molecule has 3 aromatic carbocycles. The van der Waals surface area contributed by atoms with Gasteiger partial charge in [-0.2, -0.15) is 4.31 Å². The van der Waals surface area contributed by atoms with Gasteiger partial charge in [-0.15, -0.1) is 0 Å². The molecule has 4 rings (SSSR count). The number of sulfonamides is 2. The molecule has 0 bridgehead atoms. The van der Waals surface area contributed by atoms with Gasteiger partial charge < -0.3 is 5.32 Å². The van der Waals surface area contributed by atoms with Gasteiger partial charge in [-0.05, 0) is 80.3 Å². The van der Waals surface area contributed by atoms with E-state index in [-0.39, 0.29) is 20.4 Å². The van der Waals surface area contributed by atoms with Crippen molar-refractivity contribution in [1.29, 1.82) is 0 Å². The minimum absolute atomic E-state index is 0.000208. The van der Waals surface area contributed by atoms with E-state index >= 15 is 0 Å². The predicted molar refractivity (Wildman–Crippen MR) is 145 cm³/mol. The number of amides is 1. The number of anilines is 2. The summed E-state index contributed by atoms with van der Waals surface area (Å²) in [6, 6.07) is 16.6. The Morgan fingerprint density at radius 1 is 0.865 bits per heavy atom. The van der Waals surface area contributed by atoms with Gasteiger partial charge in [-0.25, -0.2) is 16.8 Å². The summed E-state index contributed by atoms with van der Waals surface area (Å²) in [5.41, 5.74) is 1.78. The van der Waals surface area contributed by atoms with E-state index in [1.165, 1.54) is 46.8 Å². The highest BCUT2D eigenvalue weighted by Gasteiger charge is 2.29. The molecule has 0 atom stereocenters. The molecule has 0 aliphatic carbocycles. The minimum atomic E-state index is -3.82. The van der Waals surface area contributed by atoms with E-state index in [0.717, 1.165) is 18.4 Å². The van der Waals surface area contributed by atoms with Crippen LogP contribution in [0.1, 0.15) is 35.7 Å². The van der Waals surface area contributed by atoms with Crippen LogP contribution in [-0.4, -0.2) is 40.1 Å². The first-order valence-corrected chi connectivity index (χ1v) is 15.1. The fraction of sp³-hybridized carbons (Fsp3) is 0.269. The van der Waals surface area contributed by atoms with Crippen LogP contribution in [0.5, 0.6) is 0 Å².